The number of nitrogens with one attached hydrogen (secondary N) is 2. The van der Waals surface area contributed by atoms with Crippen LogP contribution in [0.1, 0.15) is 5.56 Å². The van der Waals surface area contributed by atoms with Crippen LogP contribution in [-0.4, -0.2) is 56.5 Å². The molecule has 2 heterocycles. The average molecular weight is 372 g/mol. The second kappa shape index (κ2) is 9.24. The third-order valence-corrected chi connectivity index (χ3v) is 5.16. The van der Waals surface area contributed by atoms with E-state index in [-0.39, 0.29) is 12.5 Å². The number of guanidine groups is 1. The first-order valence-corrected chi connectivity index (χ1v) is 9.74. The van der Waals surface area contributed by atoms with Crippen molar-refractivity contribution in [2.45, 2.75) is 6.54 Å². The fourth-order valence-corrected chi connectivity index (χ4v) is 3.59. The summed E-state index contributed by atoms with van der Waals surface area (Å²) in [5.41, 5.74) is 2.43. The Kier molecular flexibility index (Phi) is 6.49. The van der Waals surface area contributed by atoms with Gasteiger partial charge in [-0.2, -0.15) is 11.3 Å². The van der Waals surface area contributed by atoms with Gasteiger partial charge < -0.3 is 20.4 Å². The van der Waals surface area contributed by atoms with E-state index in [0.717, 1.165) is 26.2 Å². The molecule has 0 bridgehead atoms. The van der Waals surface area contributed by atoms with Crippen LogP contribution in [0.5, 0.6) is 0 Å². The van der Waals surface area contributed by atoms with Gasteiger partial charge in [-0.05, 0) is 34.5 Å². The summed E-state index contributed by atoms with van der Waals surface area (Å²) >= 11 is 1.67. The molecule has 2 N–H and O–H groups in total. The Morgan fingerprint density at radius 2 is 1.88 bits per heavy atom. The predicted molar refractivity (Wildman–Crippen MR) is 108 cm³/mol. The highest BCUT2D eigenvalue weighted by atomic mass is 32.1. The van der Waals surface area contributed by atoms with E-state index in [9.17, 15) is 4.79 Å². The summed E-state index contributed by atoms with van der Waals surface area (Å²) in [7, 11) is 1.71. The van der Waals surface area contributed by atoms with Gasteiger partial charge in [0, 0.05) is 45.5 Å². The van der Waals surface area contributed by atoms with Gasteiger partial charge in [-0.1, -0.05) is 18.2 Å². The number of hydrogen-bond acceptors (Lipinski definition) is 4. The van der Waals surface area contributed by atoms with Crippen LogP contribution in [0.4, 0.5) is 5.69 Å². The smallest absolute Gasteiger partial charge is 0.242 e. The minimum Gasteiger partial charge on any atom is -0.368 e. The standard InChI is InChI=1S/C19H25N5OS/c1-20-19(21-13-16-7-12-26-15-16)22-14-18(25)24-10-8-23(9-11-24)17-5-3-2-4-6-17/h2-7,12,15H,8-11,13-14H2,1H3,(H2,20,21,22). The van der Waals surface area contributed by atoms with Crippen molar-refractivity contribution >= 4 is 28.9 Å². The molecule has 0 saturated carbocycles. The minimum absolute atomic E-state index is 0.108. The summed E-state index contributed by atoms with van der Waals surface area (Å²) in [5, 5.41) is 10.5. The first kappa shape index (κ1) is 18.3. The molecule has 0 aliphatic carbocycles. The van der Waals surface area contributed by atoms with E-state index < -0.39 is 0 Å². The number of aliphatic imine (C=N–C) groups is 1. The number of thiophene rings is 1. The molecule has 1 saturated heterocycles. The quantitative estimate of drug-likeness (QED) is 0.621. The van der Waals surface area contributed by atoms with Crippen LogP contribution in [0.2, 0.25) is 0 Å². The Morgan fingerprint density at radius 3 is 2.54 bits per heavy atom. The number of para-hydroxylation sites is 1. The number of piperazine rings is 1. The zero-order chi connectivity index (χ0) is 18.2. The molecule has 3 rings (SSSR count). The number of carbonyl (C=O) groups excluding carboxylic acids is 1. The minimum atomic E-state index is 0.108. The van der Waals surface area contributed by atoms with Gasteiger partial charge in [0.05, 0.1) is 6.54 Å². The Hall–Kier alpha value is -2.54. The molecule has 1 fully saturated rings. The van der Waals surface area contributed by atoms with Gasteiger partial charge in [0.1, 0.15) is 0 Å². The number of hydrogen-bond donors (Lipinski definition) is 2. The molecule has 1 aromatic heterocycles. The molecule has 6 nitrogen and oxygen atoms in total. The van der Waals surface area contributed by atoms with Crippen LogP contribution in [-0.2, 0) is 11.3 Å². The highest BCUT2D eigenvalue weighted by Crippen LogP contribution is 2.15. The van der Waals surface area contributed by atoms with Crippen molar-refractivity contribution in [1.82, 2.24) is 15.5 Å². The first-order valence-electron chi connectivity index (χ1n) is 8.79. The number of anilines is 1. The SMILES string of the molecule is CN=C(NCC(=O)N1CCN(c2ccccc2)CC1)NCc1ccsc1. The van der Waals surface area contributed by atoms with Crippen molar-refractivity contribution in [1.29, 1.82) is 0 Å². The molecule has 26 heavy (non-hydrogen) atoms. The summed E-state index contributed by atoms with van der Waals surface area (Å²) in [6.07, 6.45) is 0. The van der Waals surface area contributed by atoms with E-state index in [2.05, 4.69) is 44.1 Å². The van der Waals surface area contributed by atoms with Crippen molar-refractivity contribution in [3.63, 3.8) is 0 Å². The largest absolute Gasteiger partial charge is 0.368 e. The number of carbonyl (C=O) groups is 1. The van der Waals surface area contributed by atoms with Crippen LogP contribution >= 0.6 is 11.3 Å². The van der Waals surface area contributed by atoms with Crippen molar-refractivity contribution in [3.8, 4) is 0 Å². The van der Waals surface area contributed by atoms with Gasteiger partial charge in [-0.3, -0.25) is 9.79 Å². The van der Waals surface area contributed by atoms with Gasteiger partial charge in [0.15, 0.2) is 5.96 Å². The van der Waals surface area contributed by atoms with Crippen LogP contribution in [0.3, 0.4) is 0 Å². The maximum Gasteiger partial charge on any atom is 0.242 e. The van der Waals surface area contributed by atoms with Crippen LogP contribution in [0.25, 0.3) is 0 Å². The lowest BCUT2D eigenvalue weighted by atomic mass is 10.2. The Morgan fingerprint density at radius 1 is 1.12 bits per heavy atom. The van der Waals surface area contributed by atoms with Crippen LogP contribution in [0, 0.1) is 0 Å². The lowest BCUT2D eigenvalue weighted by molar-refractivity contribution is -0.130. The molecule has 0 unspecified atom stereocenters. The molecule has 2 aromatic rings. The molecule has 7 heteroatoms. The van der Waals surface area contributed by atoms with Gasteiger partial charge >= 0.3 is 0 Å². The normalized spacial score (nSPS) is 15.0. The third kappa shape index (κ3) is 4.98. The topological polar surface area (TPSA) is 60.0 Å². The molecule has 0 atom stereocenters. The van der Waals surface area contributed by atoms with Crippen molar-refractivity contribution in [2.75, 3.05) is 44.7 Å². The molecule has 1 aliphatic rings. The van der Waals surface area contributed by atoms with Gasteiger partial charge in [-0.15, -0.1) is 0 Å². The second-order valence-corrected chi connectivity index (χ2v) is 6.89. The van der Waals surface area contributed by atoms with E-state index in [1.807, 2.05) is 28.5 Å². The zero-order valence-corrected chi connectivity index (χ0v) is 15.8. The van der Waals surface area contributed by atoms with Crippen molar-refractivity contribution in [3.05, 3.63) is 52.7 Å². The highest BCUT2D eigenvalue weighted by molar-refractivity contribution is 7.07. The van der Waals surface area contributed by atoms with Crippen molar-refractivity contribution < 1.29 is 4.79 Å². The summed E-state index contributed by atoms with van der Waals surface area (Å²) in [6, 6.07) is 12.4. The summed E-state index contributed by atoms with van der Waals surface area (Å²) in [6.45, 7) is 4.18. The fraction of sp³-hybridized carbons (Fsp3) is 0.368. The molecule has 0 radical (unpaired) electrons. The number of rotatable bonds is 5. The maximum atomic E-state index is 12.5. The summed E-state index contributed by atoms with van der Waals surface area (Å²) in [4.78, 5) is 20.9. The van der Waals surface area contributed by atoms with E-state index >= 15 is 0 Å². The lowest BCUT2D eigenvalue weighted by Gasteiger charge is -2.36. The molecule has 1 amide bonds. The fourth-order valence-electron chi connectivity index (χ4n) is 2.92. The monoisotopic (exact) mass is 371 g/mol. The molecule has 1 aromatic carbocycles. The highest BCUT2D eigenvalue weighted by Gasteiger charge is 2.21. The molecule has 1 aliphatic heterocycles. The maximum absolute atomic E-state index is 12.5. The van der Waals surface area contributed by atoms with E-state index in [1.165, 1.54) is 11.3 Å². The predicted octanol–water partition coefficient (Wildman–Crippen LogP) is 1.76. The third-order valence-electron chi connectivity index (χ3n) is 4.42. The second-order valence-electron chi connectivity index (χ2n) is 6.11. The Labute approximate surface area is 158 Å². The first-order chi connectivity index (χ1) is 12.8. The van der Waals surface area contributed by atoms with E-state index in [1.54, 1.807) is 18.4 Å². The molecular formula is C19H25N5OS. The summed E-state index contributed by atoms with van der Waals surface area (Å²) in [5.74, 6) is 0.753. The number of nitrogens with zero attached hydrogens (tertiary/aromatic N) is 3. The van der Waals surface area contributed by atoms with Crippen LogP contribution < -0.4 is 15.5 Å². The Bertz CT molecular complexity index is 709. The molecular weight excluding hydrogens is 346 g/mol. The van der Waals surface area contributed by atoms with Gasteiger partial charge in [0.25, 0.3) is 0 Å². The number of benzene rings is 1. The zero-order valence-electron chi connectivity index (χ0n) is 15.0. The van der Waals surface area contributed by atoms with Gasteiger partial charge in [-0.25, -0.2) is 0 Å². The Balaban J connectivity index is 1.41. The van der Waals surface area contributed by atoms with Gasteiger partial charge in [0.2, 0.25) is 5.91 Å². The van der Waals surface area contributed by atoms with E-state index in [4.69, 9.17) is 0 Å². The van der Waals surface area contributed by atoms with Crippen LogP contribution in [0.15, 0.2) is 52.2 Å². The summed E-state index contributed by atoms with van der Waals surface area (Å²) < 4.78 is 0. The lowest BCUT2D eigenvalue weighted by Crippen LogP contribution is -2.52. The average Bonchev–Trinajstić information content (AvgIpc) is 3.22. The van der Waals surface area contributed by atoms with Crippen molar-refractivity contribution in [2.24, 2.45) is 4.99 Å². The number of amides is 1. The molecule has 138 valence electrons. The van der Waals surface area contributed by atoms with E-state index in [0.29, 0.717) is 12.5 Å². The molecule has 0 spiro atoms.